The van der Waals surface area contributed by atoms with E-state index in [1.807, 2.05) is 30.3 Å². The lowest BCUT2D eigenvalue weighted by atomic mass is 10.0. The van der Waals surface area contributed by atoms with Crippen LogP contribution in [-0.4, -0.2) is 10.2 Å². The van der Waals surface area contributed by atoms with Crippen molar-refractivity contribution in [1.29, 1.82) is 0 Å². The van der Waals surface area contributed by atoms with Crippen LogP contribution in [0.2, 0.25) is 0 Å². The van der Waals surface area contributed by atoms with Crippen molar-refractivity contribution in [2.45, 2.75) is 0 Å². The van der Waals surface area contributed by atoms with Crippen LogP contribution in [0.3, 0.4) is 0 Å². The number of hydrogen-bond acceptors (Lipinski definition) is 3. The van der Waals surface area contributed by atoms with E-state index < -0.39 is 0 Å². The molecule has 0 saturated heterocycles. The van der Waals surface area contributed by atoms with Crippen molar-refractivity contribution in [2.24, 2.45) is 0 Å². The molecule has 2 heterocycles. The molecule has 0 radical (unpaired) electrons. The van der Waals surface area contributed by atoms with Crippen LogP contribution in [-0.2, 0) is 0 Å². The molecule has 0 unspecified atom stereocenters. The Morgan fingerprint density at radius 1 is 0.739 bits per heavy atom. The summed E-state index contributed by atoms with van der Waals surface area (Å²) < 4.78 is 6.18. The van der Waals surface area contributed by atoms with Gasteiger partial charge in [-0.15, -0.1) is 0 Å². The Morgan fingerprint density at radius 3 is 2.43 bits per heavy atom. The predicted molar refractivity (Wildman–Crippen MR) is 92.3 cm³/mol. The number of para-hydroxylation sites is 1. The molecule has 5 rings (SSSR count). The maximum absolute atomic E-state index is 6.18. The van der Waals surface area contributed by atoms with Gasteiger partial charge in [0.25, 0.3) is 0 Å². The molecule has 0 atom stereocenters. The second kappa shape index (κ2) is 4.65. The van der Waals surface area contributed by atoms with Crippen LogP contribution in [0.5, 0.6) is 0 Å². The first kappa shape index (κ1) is 12.4. The first-order valence-electron chi connectivity index (χ1n) is 7.52. The molecule has 3 aromatic carbocycles. The highest BCUT2D eigenvalue weighted by atomic mass is 16.3. The minimum Gasteiger partial charge on any atom is -0.455 e. The molecular weight excluding hydrogens is 284 g/mol. The third kappa shape index (κ3) is 1.83. The summed E-state index contributed by atoms with van der Waals surface area (Å²) in [6.07, 6.45) is 1.68. The van der Waals surface area contributed by atoms with Crippen LogP contribution in [0.4, 0.5) is 0 Å². The highest BCUT2D eigenvalue weighted by Gasteiger charge is 2.13. The zero-order valence-electron chi connectivity index (χ0n) is 12.2. The van der Waals surface area contributed by atoms with Crippen molar-refractivity contribution in [2.75, 3.05) is 0 Å². The molecule has 108 valence electrons. The van der Waals surface area contributed by atoms with E-state index >= 15 is 0 Å². The van der Waals surface area contributed by atoms with Gasteiger partial charge in [-0.2, -0.15) is 10.2 Å². The van der Waals surface area contributed by atoms with Gasteiger partial charge in [-0.25, -0.2) is 0 Å². The van der Waals surface area contributed by atoms with Gasteiger partial charge < -0.3 is 4.42 Å². The Bertz CT molecular complexity index is 1160. The number of benzene rings is 3. The Hall–Kier alpha value is -3.20. The summed E-state index contributed by atoms with van der Waals surface area (Å²) in [7, 11) is 0. The Morgan fingerprint density at radius 2 is 1.61 bits per heavy atom. The monoisotopic (exact) mass is 296 g/mol. The summed E-state index contributed by atoms with van der Waals surface area (Å²) in [6, 6.07) is 22.6. The van der Waals surface area contributed by atoms with Crippen molar-refractivity contribution < 1.29 is 4.42 Å². The second-order valence-electron chi connectivity index (χ2n) is 5.59. The van der Waals surface area contributed by atoms with E-state index in [2.05, 4.69) is 46.6 Å². The lowest BCUT2D eigenvalue weighted by Crippen LogP contribution is -1.85. The maximum atomic E-state index is 6.18. The largest absolute Gasteiger partial charge is 0.455 e. The molecule has 0 bridgehead atoms. The third-order valence-electron chi connectivity index (χ3n) is 4.21. The van der Waals surface area contributed by atoms with Gasteiger partial charge in [0.1, 0.15) is 11.2 Å². The van der Waals surface area contributed by atoms with Gasteiger partial charge in [0.2, 0.25) is 0 Å². The van der Waals surface area contributed by atoms with Crippen LogP contribution in [0, 0.1) is 0 Å². The second-order valence-corrected chi connectivity index (χ2v) is 5.59. The fraction of sp³-hybridized carbons (Fsp3) is 0. The average Bonchev–Trinajstić information content (AvgIpc) is 2.98. The molecule has 0 aliphatic rings. The average molecular weight is 296 g/mol. The molecule has 0 amide bonds. The highest BCUT2D eigenvalue weighted by molar-refractivity contribution is 6.12. The van der Waals surface area contributed by atoms with Crippen LogP contribution in [0.25, 0.3) is 44.0 Å². The predicted octanol–water partition coefficient (Wildman–Crippen LogP) is 5.20. The van der Waals surface area contributed by atoms with Crippen LogP contribution < -0.4 is 0 Å². The van der Waals surface area contributed by atoms with Crippen molar-refractivity contribution in [1.82, 2.24) is 10.2 Å². The molecule has 0 aliphatic carbocycles. The molecule has 0 aliphatic heterocycles. The minimum absolute atomic E-state index is 0.821. The molecule has 3 nitrogen and oxygen atoms in total. The van der Waals surface area contributed by atoms with E-state index in [1.165, 1.54) is 10.8 Å². The molecular formula is C20H12N2O. The fourth-order valence-electron chi connectivity index (χ4n) is 3.13. The summed E-state index contributed by atoms with van der Waals surface area (Å²) in [6.45, 7) is 0. The van der Waals surface area contributed by atoms with Gasteiger partial charge in [-0.1, -0.05) is 36.4 Å². The van der Waals surface area contributed by atoms with Crippen molar-refractivity contribution in [3.05, 3.63) is 72.9 Å². The van der Waals surface area contributed by atoms with Crippen LogP contribution >= 0.6 is 0 Å². The minimum atomic E-state index is 0.821. The van der Waals surface area contributed by atoms with Gasteiger partial charge in [0.05, 0.1) is 5.69 Å². The van der Waals surface area contributed by atoms with Gasteiger partial charge in [-0.05, 0) is 41.1 Å². The van der Waals surface area contributed by atoms with Crippen molar-refractivity contribution >= 4 is 32.7 Å². The zero-order chi connectivity index (χ0) is 15.2. The lowest BCUT2D eigenvalue weighted by molar-refractivity contribution is 0.670. The smallest absolute Gasteiger partial charge is 0.144 e. The number of hydrogen-bond donors (Lipinski definition) is 0. The molecule has 3 heteroatoms. The van der Waals surface area contributed by atoms with Gasteiger partial charge >= 0.3 is 0 Å². The maximum Gasteiger partial charge on any atom is 0.144 e. The first-order chi connectivity index (χ1) is 11.4. The van der Waals surface area contributed by atoms with Crippen molar-refractivity contribution in [3.63, 3.8) is 0 Å². The molecule has 0 fully saturated rings. The number of aromatic nitrogens is 2. The third-order valence-corrected chi connectivity index (χ3v) is 4.21. The van der Waals surface area contributed by atoms with Crippen LogP contribution in [0.1, 0.15) is 0 Å². The Labute approximate surface area is 132 Å². The zero-order valence-corrected chi connectivity index (χ0v) is 12.2. The van der Waals surface area contributed by atoms with E-state index in [9.17, 15) is 0 Å². The van der Waals surface area contributed by atoms with E-state index in [4.69, 9.17) is 4.42 Å². The standard InChI is InChI=1S/C20H12N2O/c1-2-6-14-12-19-17(11-13(14)5-1)15-7-3-8-16(20(15)23-19)18-9-4-10-21-22-18/h1-12H. The number of furan rings is 1. The summed E-state index contributed by atoms with van der Waals surface area (Å²) in [5.74, 6) is 0. The SMILES string of the molecule is c1cnnc(-c2cccc3c2oc2cc4ccccc4cc23)c1. The summed E-state index contributed by atoms with van der Waals surface area (Å²) in [4.78, 5) is 0. The van der Waals surface area contributed by atoms with Crippen molar-refractivity contribution in [3.8, 4) is 11.3 Å². The molecule has 0 spiro atoms. The molecule has 0 saturated carbocycles. The number of nitrogens with zero attached hydrogens (tertiary/aromatic N) is 2. The van der Waals surface area contributed by atoms with E-state index in [-0.39, 0.29) is 0 Å². The van der Waals surface area contributed by atoms with E-state index in [0.717, 1.165) is 33.2 Å². The summed E-state index contributed by atoms with van der Waals surface area (Å²) in [5.41, 5.74) is 3.55. The summed E-state index contributed by atoms with van der Waals surface area (Å²) in [5, 5.41) is 12.8. The summed E-state index contributed by atoms with van der Waals surface area (Å²) >= 11 is 0. The molecule has 0 N–H and O–H groups in total. The normalized spacial score (nSPS) is 11.5. The number of fused-ring (bicyclic) bond motifs is 4. The van der Waals surface area contributed by atoms with Gasteiger partial charge in [0, 0.05) is 22.5 Å². The first-order valence-corrected chi connectivity index (χ1v) is 7.52. The van der Waals surface area contributed by atoms with Crippen LogP contribution in [0.15, 0.2) is 77.3 Å². The molecule has 5 aromatic rings. The van der Waals surface area contributed by atoms with Gasteiger partial charge in [-0.3, -0.25) is 0 Å². The van der Waals surface area contributed by atoms with Gasteiger partial charge in [0.15, 0.2) is 0 Å². The lowest BCUT2D eigenvalue weighted by Gasteiger charge is -1.99. The fourth-order valence-corrected chi connectivity index (χ4v) is 3.13. The molecule has 2 aromatic heterocycles. The van der Waals surface area contributed by atoms with E-state index in [0.29, 0.717) is 0 Å². The van der Waals surface area contributed by atoms with E-state index in [1.54, 1.807) is 6.20 Å². The number of rotatable bonds is 1. The Kier molecular flexibility index (Phi) is 2.50. The topological polar surface area (TPSA) is 38.9 Å². The highest BCUT2D eigenvalue weighted by Crippen LogP contribution is 2.36. The quantitative estimate of drug-likeness (QED) is 0.427. The Balaban J connectivity index is 1.91. The molecule has 23 heavy (non-hydrogen) atoms.